The zero-order valence-electron chi connectivity index (χ0n) is 15.0. The van der Waals surface area contributed by atoms with Crippen molar-refractivity contribution in [3.05, 3.63) is 52.7 Å². The Hall–Kier alpha value is -2.53. The molecule has 27 heavy (non-hydrogen) atoms. The summed E-state index contributed by atoms with van der Waals surface area (Å²) in [7, 11) is 0. The van der Waals surface area contributed by atoms with E-state index in [-0.39, 0.29) is 16.6 Å². The summed E-state index contributed by atoms with van der Waals surface area (Å²) < 4.78 is 39.5. The smallest absolute Gasteiger partial charge is 0.325 e. The number of alkyl halides is 3. The van der Waals surface area contributed by atoms with Crippen LogP contribution in [-0.2, 0) is 17.4 Å². The molecule has 0 saturated heterocycles. The molecule has 8 heteroatoms. The van der Waals surface area contributed by atoms with Crippen molar-refractivity contribution in [1.82, 2.24) is 4.98 Å². The minimum Gasteiger partial charge on any atom is -0.325 e. The number of carbonyl (C=O) groups is 1. The quantitative estimate of drug-likeness (QED) is 0.729. The number of rotatable bonds is 5. The van der Waals surface area contributed by atoms with Crippen LogP contribution in [0.1, 0.15) is 36.2 Å². The molecular weight excluding hydrogens is 375 g/mol. The van der Waals surface area contributed by atoms with Gasteiger partial charge < -0.3 is 5.32 Å². The summed E-state index contributed by atoms with van der Waals surface area (Å²) in [5, 5.41) is 11.1. The molecule has 1 N–H and O–H groups in total. The number of hydrogen-bond acceptors (Lipinski definition) is 4. The summed E-state index contributed by atoms with van der Waals surface area (Å²) in [4.78, 5) is 16.4. The highest BCUT2D eigenvalue weighted by atomic mass is 32.2. The first-order valence-corrected chi connectivity index (χ1v) is 9.09. The number of carbonyl (C=O) groups excluding carboxylic acids is 1. The van der Waals surface area contributed by atoms with Crippen LogP contribution in [0.25, 0.3) is 0 Å². The van der Waals surface area contributed by atoms with Crippen molar-refractivity contribution < 1.29 is 18.0 Å². The highest BCUT2D eigenvalue weighted by Crippen LogP contribution is 2.37. The Morgan fingerprint density at radius 1 is 1.33 bits per heavy atom. The van der Waals surface area contributed by atoms with Crippen molar-refractivity contribution in [3.63, 3.8) is 0 Å². The number of pyridine rings is 1. The third-order valence-corrected chi connectivity index (χ3v) is 4.91. The maximum absolute atomic E-state index is 13.2. The van der Waals surface area contributed by atoms with E-state index in [1.807, 2.05) is 19.1 Å². The van der Waals surface area contributed by atoms with Crippen molar-refractivity contribution >= 4 is 23.4 Å². The first-order chi connectivity index (χ1) is 12.7. The predicted molar refractivity (Wildman–Crippen MR) is 98.5 cm³/mol. The molecule has 2 rings (SSSR count). The van der Waals surface area contributed by atoms with E-state index in [4.69, 9.17) is 0 Å². The van der Waals surface area contributed by atoms with Gasteiger partial charge in [-0.1, -0.05) is 30.8 Å². The zero-order valence-corrected chi connectivity index (χ0v) is 15.8. The molecule has 1 aromatic carbocycles. The van der Waals surface area contributed by atoms with Gasteiger partial charge in [-0.25, -0.2) is 4.98 Å². The molecule has 0 spiro atoms. The lowest BCUT2D eigenvalue weighted by Crippen LogP contribution is -2.23. The topological polar surface area (TPSA) is 65.8 Å². The number of amides is 1. The fourth-order valence-electron chi connectivity index (χ4n) is 2.35. The standard InChI is InChI=1S/C19H18F3N3OS/c1-4-13-5-7-14(8-6-13)25-17(26)12(3)27-18-15(10-23)16(19(20,21)22)9-11(2)24-18/h5-9,12H,4H2,1-3H3,(H,25,26). The van der Waals surface area contributed by atoms with Crippen LogP contribution in [-0.4, -0.2) is 16.1 Å². The van der Waals surface area contributed by atoms with E-state index in [1.54, 1.807) is 25.1 Å². The Labute approximate surface area is 159 Å². The van der Waals surface area contributed by atoms with E-state index in [0.29, 0.717) is 5.69 Å². The van der Waals surface area contributed by atoms with Gasteiger partial charge in [0, 0.05) is 11.4 Å². The number of aromatic nitrogens is 1. The maximum atomic E-state index is 13.2. The Morgan fingerprint density at radius 3 is 2.48 bits per heavy atom. The van der Waals surface area contributed by atoms with Gasteiger partial charge >= 0.3 is 6.18 Å². The Kier molecular flexibility index (Phi) is 6.50. The third-order valence-electron chi connectivity index (χ3n) is 3.82. The maximum Gasteiger partial charge on any atom is 0.417 e. The Balaban J connectivity index is 2.21. The molecule has 1 atom stereocenters. The normalized spacial score (nSPS) is 12.3. The van der Waals surface area contributed by atoms with E-state index in [1.165, 1.54) is 6.92 Å². The van der Waals surface area contributed by atoms with E-state index in [2.05, 4.69) is 10.3 Å². The number of halogens is 3. The second-order valence-corrected chi connectivity index (χ2v) is 7.23. The van der Waals surface area contributed by atoms with Gasteiger partial charge in [0.25, 0.3) is 0 Å². The number of anilines is 1. The van der Waals surface area contributed by atoms with Crippen molar-refractivity contribution in [2.45, 2.75) is 43.6 Å². The van der Waals surface area contributed by atoms with E-state index in [0.717, 1.165) is 29.8 Å². The lowest BCUT2D eigenvalue weighted by molar-refractivity contribution is -0.138. The SMILES string of the molecule is CCc1ccc(NC(=O)C(C)Sc2nc(C)cc(C(F)(F)F)c2C#N)cc1. The number of hydrogen-bond donors (Lipinski definition) is 1. The minimum atomic E-state index is -4.67. The van der Waals surface area contributed by atoms with E-state index in [9.17, 15) is 23.2 Å². The third kappa shape index (κ3) is 5.23. The van der Waals surface area contributed by atoms with Gasteiger partial charge in [-0.15, -0.1) is 0 Å². The highest BCUT2D eigenvalue weighted by Gasteiger charge is 2.36. The molecule has 0 radical (unpaired) electrons. The van der Waals surface area contributed by atoms with Gasteiger partial charge in [0.15, 0.2) is 0 Å². The van der Waals surface area contributed by atoms with Crippen molar-refractivity contribution in [2.24, 2.45) is 0 Å². The van der Waals surface area contributed by atoms with Crippen LogP contribution in [0.4, 0.5) is 18.9 Å². The molecule has 1 unspecified atom stereocenters. The van der Waals surface area contributed by atoms with Crippen LogP contribution in [0.2, 0.25) is 0 Å². The molecule has 0 aliphatic rings. The summed E-state index contributed by atoms with van der Waals surface area (Å²) in [6, 6.07) is 9.71. The number of benzene rings is 1. The lowest BCUT2D eigenvalue weighted by atomic mass is 10.1. The summed E-state index contributed by atoms with van der Waals surface area (Å²) in [5.41, 5.74) is 0.246. The van der Waals surface area contributed by atoms with Gasteiger partial charge in [0.05, 0.1) is 16.4 Å². The van der Waals surface area contributed by atoms with Gasteiger partial charge in [-0.3, -0.25) is 4.79 Å². The lowest BCUT2D eigenvalue weighted by Gasteiger charge is -2.16. The van der Waals surface area contributed by atoms with Crippen LogP contribution in [0.3, 0.4) is 0 Å². The molecule has 142 valence electrons. The molecule has 0 bridgehead atoms. The first kappa shape index (κ1) is 20.8. The molecule has 0 aliphatic heterocycles. The van der Waals surface area contributed by atoms with Crippen LogP contribution < -0.4 is 5.32 Å². The zero-order chi connectivity index (χ0) is 20.2. The fraction of sp³-hybridized carbons (Fsp3) is 0.316. The summed E-state index contributed by atoms with van der Waals surface area (Å²) in [6.45, 7) is 4.99. The molecule has 0 fully saturated rings. The summed E-state index contributed by atoms with van der Waals surface area (Å²) >= 11 is 0.829. The second kappa shape index (κ2) is 8.44. The van der Waals surface area contributed by atoms with Gasteiger partial charge in [0.1, 0.15) is 11.1 Å². The van der Waals surface area contributed by atoms with Crippen LogP contribution >= 0.6 is 11.8 Å². The highest BCUT2D eigenvalue weighted by molar-refractivity contribution is 8.00. The molecule has 0 saturated carbocycles. The van der Waals surface area contributed by atoms with Gasteiger partial charge in [-0.05, 0) is 44.0 Å². The second-order valence-electron chi connectivity index (χ2n) is 5.90. The van der Waals surface area contributed by atoms with E-state index >= 15 is 0 Å². The molecule has 1 amide bonds. The number of nitrogens with zero attached hydrogens (tertiary/aromatic N) is 2. The number of nitriles is 1. The monoisotopic (exact) mass is 393 g/mol. The van der Waals surface area contributed by atoms with Gasteiger partial charge in [-0.2, -0.15) is 18.4 Å². The minimum absolute atomic E-state index is 0.103. The molecule has 1 heterocycles. The molecule has 0 aliphatic carbocycles. The number of thioether (sulfide) groups is 1. The molecule has 2 aromatic rings. The fourth-order valence-corrected chi connectivity index (χ4v) is 3.32. The number of nitrogens with one attached hydrogen (secondary N) is 1. The van der Waals surface area contributed by atoms with Crippen molar-refractivity contribution in [3.8, 4) is 6.07 Å². The molecule has 1 aromatic heterocycles. The molecular formula is C19H18F3N3OS. The Morgan fingerprint density at radius 2 is 1.96 bits per heavy atom. The Bertz CT molecular complexity index is 873. The summed E-state index contributed by atoms with van der Waals surface area (Å²) in [5.74, 6) is -0.384. The van der Waals surface area contributed by atoms with Gasteiger partial charge in [0.2, 0.25) is 5.91 Å². The number of aryl methyl sites for hydroxylation is 2. The predicted octanol–water partition coefficient (Wildman–Crippen LogP) is 4.96. The van der Waals surface area contributed by atoms with Crippen LogP contribution in [0.5, 0.6) is 0 Å². The average Bonchev–Trinajstić information content (AvgIpc) is 2.61. The summed E-state index contributed by atoms with van der Waals surface area (Å²) in [6.07, 6.45) is -3.79. The average molecular weight is 393 g/mol. The first-order valence-electron chi connectivity index (χ1n) is 8.21. The van der Waals surface area contributed by atoms with Crippen LogP contribution in [0.15, 0.2) is 35.4 Å². The van der Waals surface area contributed by atoms with Crippen molar-refractivity contribution in [1.29, 1.82) is 5.26 Å². The van der Waals surface area contributed by atoms with Crippen LogP contribution in [0, 0.1) is 18.3 Å². The largest absolute Gasteiger partial charge is 0.417 e. The van der Waals surface area contributed by atoms with E-state index < -0.39 is 22.6 Å². The van der Waals surface area contributed by atoms with Crippen molar-refractivity contribution in [2.75, 3.05) is 5.32 Å². The molecule has 4 nitrogen and oxygen atoms in total.